The zero-order valence-corrected chi connectivity index (χ0v) is 18.8. The van der Waals surface area contributed by atoms with Crippen LogP contribution in [-0.4, -0.2) is 23.4 Å². The van der Waals surface area contributed by atoms with Gasteiger partial charge in [0.15, 0.2) is 0 Å². The summed E-state index contributed by atoms with van der Waals surface area (Å²) < 4.78 is 5.56. The predicted molar refractivity (Wildman–Crippen MR) is 119 cm³/mol. The lowest BCUT2D eigenvalue weighted by Crippen LogP contribution is -2.38. The molecule has 0 bridgehead atoms. The molecule has 0 N–H and O–H groups in total. The molecule has 0 spiro atoms. The standard InChI is InChI=1S/C24H25Cl2NO3/c1-15(2)14-30-24(29)23-16(3)27(13-17-7-6-8-18(25)11-17)22(28)12-20(23)19-9-4-5-10-21(19)26/h4-11,15,20H,12-14H2,1-3H3. The van der Waals surface area contributed by atoms with Gasteiger partial charge in [-0.15, -0.1) is 0 Å². The molecule has 0 aromatic heterocycles. The summed E-state index contributed by atoms with van der Waals surface area (Å²) in [7, 11) is 0. The van der Waals surface area contributed by atoms with Gasteiger partial charge in [-0.2, -0.15) is 0 Å². The molecule has 3 rings (SSSR count). The number of amides is 1. The fraction of sp³-hybridized carbons (Fsp3) is 0.333. The van der Waals surface area contributed by atoms with E-state index < -0.39 is 11.9 Å². The highest BCUT2D eigenvalue weighted by atomic mass is 35.5. The average Bonchev–Trinajstić information content (AvgIpc) is 2.69. The highest BCUT2D eigenvalue weighted by Crippen LogP contribution is 2.40. The van der Waals surface area contributed by atoms with Gasteiger partial charge < -0.3 is 9.64 Å². The van der Waals surface area contributed by atoms with Crippen LogP contribution in [0.3, 0.4) is 0 Å². The van der Waals surface area contributed by atoms with Crippen molar-refractivity contribution in [3.05, 3.63) is 81.0 Å². The second-order valence-electron chi connectivity index (χ2n) is 7.88. The Labute approximate surface area is 187 Å². The van der Waals surface area contributed by atoms with Crippen LogP contribution >= 0.6 is 23.2 Å². The van der Waals surface area contributed by atoms with E-state index in [0.29, 0.717) is 34.5 Å². The lowest BCUT2D eigenvalue weighted by Gasteiger charge is -2.35. The molecule has 158 valence electrons. The van der Waals surface area contributed by atoms with Gasteiger partial charge in [-0.3, -0.25) is 4.79 Å². The Balaban J connectivity index is 2.03. The first-order valence-electron chi connectivity index (χ1n) is 9.95. The highest BCUT2D eigenvalue weighted by molar-refractivity contribution is 6.31. The number of esters is 1. The summed E-state index contributed by atoms with van der Waals surface area (Å²) in [6, 6.07) is 14.7. The maximum absolute atomic E-state index is 13.1. The van der Waals surface area contributed by atoms with Gasteiger partial charge in [-0.1, -0.05) is 67.4 Å². The molecule has 1 aliphatic heterocycles. The molecule has 2 aromatic carbocycles. The average molecular weight is 446 g/mol. The monoisotopic (exact) mass is 445 g/mol. The van der Waals surface area contributed by atoms with Crippen LogP contribution in [0.5, 0.6) is 0 Å². The minimum absolute atomic E-state index is 0.0715. The zero-order chi connectivity index (χ0) is 21.8. The largest absolute Gasteiger partial charge is 0.462 e. The van der Waals surface area contributed by atoms with Crippen molar-refractivity contribution in [1.82, 2.24) is 4.90 Å². The Morgan fingerprint density at radius 3 is 2.57 bits per heavy atom. The van der Waals surface area contributed by atoms with Gasteiger partial charge in [-0.25, -0.2) is 4.79 Å². The smallest absolute Gasteiger partial charge is 0.336 e. The fourth-order valence-corrected chi connectivity index (χ4v) is 4.11. The first-order valence-corrected chi connectivity index (χ1v) is 10.7. The minimum Gasteiger partial charge on any atom is -0.462 e. The first kappa shape index (κ1) is 22.4. The highest BCUT2D eigenvalue weighted by Gasteiger charge is 2.37. The molecular weight excluding hydrogens is 421 g/mol. The van der Waals surface area contributed by atoms with Gasteiger partial charge in [0.1, 0.15) is 0 Å². The molecule has 0 aliphatic carbocycles. The molecule has 0 saturated heterocycles. The number of hydrogen-bond donors (Lipinski definition) is 0. The van der Waals surface area contributed by atoms with Crippen molar-refractivity contribution in [2.45, 2.75) is 39.7 Å². The predicted octanol–water partition coefficient (Wildman–Crippen LogP) is 5.98. The van der Waals surface area contributed by atoms with Gasteiger partial charge in [0.05, 0.1) is 18.7 Å². The van der Waals surface area contributed by atoms with Gasteiger partial charge in [0, 0.05) is 28.1 Å². The molecule has 2 aromatic rings. The van der Waals surface area contributed by atoms with Crippen molar-refractivity contribution in [2.24, 2.45) is 5.92 Å². The molecule has 1 unspecified atom stereocenters. The van der Waals surface area contributed by atoms with Crippen molar-refractivity contribution in [2.75, 3.05) is 6.61 Å². The second kappa shape index (κ2) is 9.67. The molecule has 1 amide bonds. The van der Waals surface area contributed by atoms with Crippen molar-refractivity contribution < 1.29 is 14.3 Å². The van der Waals surface area contributed by atoms with Crippen molar-refractivity contribution in [3.63, 3.8) is 0 Å². The lowest BCUT2D eigenvalue weighted by molar-refractivity contribution is -0.141. The number of nitrogens with zero attached hydrogens (tertiary/aromatic N) is 1. The minimum atomic E-state index is -0.443. The number of carbonyl (C=O) groups is 2. The summed E-state index contributed by atoms with van der Waals surface area (Å²) in [5.41, 5.74) is 2.71. The van der Waals surface area contributed by atoms with E-state index in [1.807, 2.05) is 50.2 Å². The molecule has 0 saturated carbocycles. The topological polar surface area (TPSA) is 46.6 Å². The molecule has 1 aliphatic rings. The quantitative estimate of drug-likeness (QED) is 0.513. The van der Waals surface area contributed by atoms with Crippen LogP contribution in [0.2, 0.25) is 10.0 Å². The van der Waals surface area contributed by atoms with E-state index in [1.165, 1.54) is 0 Å². The second-order valence-corrected chi connectivity index (χ2v) is 8.72. The maximum atomic E-state index is 13.1. The number of rotatable bonds is 6. The fourth-order valence-electron chi connectivity index (χ4n) is 3.63. The number of hydrogen-bond acceptors (Lipinski definition) is 3. The Bertz CT molecular complexity index is 984. The van der Waals surface area contributed by atoms with E-state index in [1.54, 1.807) is 24.0 Å². The Kier molecular flexibility index (Phi) is 7.22. The van der Waals surface area contributed by atoms with E-state index in [9.17, 15) is 9.59 Å². The molecule has 30 heavy (non-hydrogen) atoms. The zero-order valence-electron chi connectivity index (χ0n) is 17.3. The third-order valence-electron chi connectivity index (χ3n) is 5.10. The summed E-state index contributed by atoms with van der Waals surface area (Å²) >= 11 is 12.5. The van der Waals surface area contributed by atoms with E-state index >= 15 is 0 Å². The summed E-state index contributed by atoms with van der Waals surface area (Å²) in [5, 5.41) is 1.13. The van der Waals surface area contributed by atoms with Crippen LogP contribution in [0.4, 0.5) is 0 Å². The number of halogens is 2. The van der Waals surface area contributed by atoms with Crippen molar-refractivity contribution in [3.8, 4) is 0 Å². The van der Waals surface area contributed by atoms with E-state index in [-0.39, 0.29) is 18.2 Å². The SMILES string of the molecule is CC1=C(C(=O)OCC(C)C)C(c2ccccc2Cl)CC(=O)N1Cc1cccc(Cl)c1. The first-order chi connectivity index (χ1) is 14.3. The van der Waals surface area contributed by atoms with Crippen molar-refractivity contribution >= 4 is 35.1 Å². The summed E-state index contributed by atoms with van der Waals surface area (Å²) in [6.45, 7) is 6.40. The molecule has 1 heterocycles. The number of carbonyl (C=O) groups excluding carboxylic acids is 2. The normalized spacial score (nSPS) is 16.9. The number of ether oxygens (including phenoxy) is 1. The number of benzene rings is 2. The molecule has 4 nitrogen and oxygen atoms in total. The Hall–Kier alpha value is -2.30. The van der Waals surface area contributed by atoms with Crippen LogP contribution in [0.15, 0.2) is 59.8 Å². The number of allylic oxidation sites excluding steroid dienone is 1. The molecule has 0 fully saturated rings. The molecule has 1 atom stereocenters. The van der Waals surface area contributed by atoms with Crippen LogP contribution in [0.25, 0.3) is 0 Å². The van der Waals surface area contributed by atoms with E-state index in [2.05, 4.69) is 0 Å². The van der Waals surface area contributed by atoms with Crippen LogP contribution < -0.4 is 0 Å². The van der Waals surface area contributed by atoms with E-state index in [4.69, 9.17) is 27.9 Å². The molecular formula is C24H25Cl2NO3. The third kappa shape index (κ3) is 5.05. The van der Waals surface area contributed by atoms with Gasteiger partial charge >= 0.3 is 5.97 Å². The van der Waals surface area contributed by atoms with Crippen LogP contribution in [0.1, 0.15) is 44.2 Å². The van der Waals surface area contributed by atoms with Gasteiger partial charge in [0.25, 0.3) is 0 Å². The lowest BCUT2D eigenvalue weighted by atomic mass is 9.83. The maximum Gasteiger partial charge on any atom is 0.336 e. The van der Waals surface area contributed by atoms with Gasteiger partial charge in [0.2, 0.25) is 5.91 Å². The summed E-state index contributed by atoms with van der Waals surface area (Å²) in [4.78, 5) is 27.8. The molecule has 6 heteroatoms. The van der Waals surface area contributed by atoms with Crippen LogP contribution in [-0.2, 0) is 20.9 Å². The van der Waals surface area contributed by atoms with Gasteiger partial charge in [-0.05, 0) is 42.2 Å². The Morgan fingerprint density at radius 1 is 1.17 bits per heavy atom. The summed E-state index contributed by atoms with van der Waals surface area (Å²) in [6.07, 6.45) is 0.147. The third-order valence-corrected chi connectivity index (χ3v) is 5.68. The van der Waals surface area contributed by atoms with E-state index in [0.717, 1.165) is 11.1 Å². The van der Waals surface area contributed by atoms with Crippen molar-refractivity contribution in [1.29, 1.82) is 0 Å². The van der Waals surface area contributed by atoms with Crippen LogP contribution in [0, 0.1) is 5.92 Å². The summed E-state index contributed by atoms with van der Waals surface area (Å²) in [5.74, 6) is -0.713. The molecule has 0 radical (unpaired) electrons. The Morgan fingerprint density at radius 2 is 1.90 bits per heavy atom.